The molecule has 3 N–H and O–H groups in total. The molecule has 0 rings (SSSR count). The molecule has 4 heavy (non-hydrogen) atoms. The van der Waals surface area contributed by atoms with Crippen LogP contribution in [0.25, 0.3) is 0 Å². The largest absolute Gasteiger partial charge is 0.412 e. The summed E-state index contributed by atoms with van der Waals surface area (Å²) in [5, 5.41) is 0. The van der Waals surface area contributed by atoms with E-state index in [4.69, 9.17) is 4.89 Å². The SMILES string of the molecule is O.OP.[Zr]. The van der Waals surface area contributed by atoms with Gasteiger partial charge in [0.05, 0.1) is 0 Å². The number of rotatable bonds is 0. The van der Waals surface area contributed by atoms with E-state index in [9.17, 15) is 0 Å². The van der Waals surface area contributed by atoms with Crippen LogP contribution in [0.15, 0.2) is 0 Å². The van der Waals surface area contributed by atoms with E-state index in [1.165, 1.54) is 9.47 Å². The maximum absolute atomic E-state index is 6.92. The van der Waals surface area contributed by atoms with Crippen molar-refractivity contribution in [2.75, 3.05) is 0 Å². The smallest absolute Gasteiger partial charge is 0 e. The van der Waals surface area contributed by atoms with Crippen LogP contribution in [0.3, 0.4) is 0 Å². The Labute approximate surface area is 46.3 Å². The molecule has 0 radical (unpaired) electrons. The fourth-order valence-corrected chi connectivity index (χ4v) is 0. The van der Waals surface area contributed by atoms with E-state index in [2.05, 4.69) is 0 Å². The van der Waals surface area contributed by atoms with Crippen LogP contribution in [0.1, 0.15) is 0 Å². The molecule has 0 fully saturated rings. The molecule has 0 bridgehead atoms. The quantitative estimate of drug-likeness (QED) is 0.450. The Balaban J connectivity index is -0.00000000500. The maximum Gasteiger partial charge on any atom is 0 e. The van der Waals surface area contributed by atoms with E-state index in [0.29, 0.717) is 0 Å². The monoisotopic (exact) mass is 158 g/mol. The Hall–Kier alpha value is 1.23. The molecule has 0 aliphatic carbocycles. The van der Waals surface area contributed by atoms with Crippen molar-refractivity contribution < 1.29 is 36.6 Å². The molecule has 0 saturated carbocycles. The Morgan fingerprint density at radius 3 is 1.25 bits per heavy atom. The molecule has 0 aliphatic rings. The van der Waals surface area contributed by atoms with Crippen molar-refractivity contribution in [3.05, 3.63) is 0 Å². The first kappa shape index (κ1) is 18.8. The van der Waals surface area contributed by atoms with E-state index >= 15 is 0 Å². The van der Waals surface area contributed by atoms with Gasteiger partial charge < -0.3 is 10.4 Å². The molecule has 1 atom stereocenters. The van der Waals surface area contributed by atoms with Gasteiger partial charge in [0.15, 0.2) is 0 Å². The van der Waals surface area contributed by atoms with Gasteiger partial charge in [0.25, 0.3) is 0 Å². The Morgan fingerprint density at radius 1 is 1.25 bits per heavy atom. The van der Waals surface area contributed by atoms with E-state index in [1.54, 1.807) is 0 Å². The van der Waals surface area contributed by atoms with Gasteiger partial charge >= 0.3 is 0 Å². The number of hydrogen-bond donors (Lipinski definition) is 1. The van der Waals surface area contributed by atoms with Crippen LogP contribution in [-0.2, 0) is 26.2 Å². The zero-order chi connectivity index (χ0) is 2.00. The van der Waals surface area contributed by atoms with Gasteiger partial charge in [-0.3, -0.25) is 0 Å². The zero-order valence-corrected chi connectivity index (χ0v) is 5.64. The summed E-state index contributed by atoms with van der Waals surface area (Å²) in [6.07, 6.45) is 0. The van der Waals surface area contributed by atoms with Gasteiger partial charge in [-0.05, 0) is 9.47 Å². The normalized spacial score (nSPS) is 1.50. The fraction of sp³-hybridized carbons (Fsp3) is 0. The summed E-state index contributed by atoms with van der Waals surface area (Å²) in [5.41, 5.74) is 0. The van der Waals surface area contributed by atoms with Crippen molar-refractivity contribution in [1.29, 1.82) is 0 Å². The third-order valence-electron chi connectivity index (χ3n) is 0. The third kappa shape index (κ3) is 10.6. The molecule has 0 saturated heterocycles. The molecule has 4 heteroatoms. The molecule has 26 valence electrons. The predicted molar refractivity (Wildman–Crippen MR) is 15.5 cm³/mol. The standard InChI is InChI=1S/H3OP.H2O.Zr/c1-2;;/h1H,2H2;1H2;. The Kier molecular flexibility index (Phi) is 137. The van der Waals surface area contributed by atoms with Gasteiger partial charge in [-0.15, -0.1) is 0 Å². The second kappa shape index (κ2) is 29.1. The minimum Gasteiger partial charge on any atom is -0.412 e. The zero-order valence-electron chi connectivity index (χ0n) is 2.02. The average Bonchev–Trinajstić information content (AvgIpc) is 1.00. The van der Waals surface area contributed by atoms with Crippen molar-refractivity contribution in [2.45, 2.75) is 0 Å². The van der Waals surface area contributed by atoms with Crippen molar-refractivity contribution in [3.63, 3.8) is 0 Å². The van der Waals surface area contributed by atoms with Gasteiger partial charge in [-0.1, -0.05) is 0 Å². The first-order chi connectivity index (χ1) is 1.00. The van der Waals surface area contributed by atoms with E-state index in [0.717, 1.165) is 0 Å². The predicted octanol–water partition coefficient (Wildman–Crippen LogP) is -1.06. The first-order valence-electron chi connectivity index (χ1n) is 0.258. The minimum atomic E-state index is 0. The number of hydrogen-bond acceptors (Lipinski definition) is 1. The third-order valence-corrected chi connectivity index (χ3v) is 0. The summed E-state index contributed by atoms with van der Waals surface area (Å²) < 4.78 is 0. The van der Waals surface area contributed by atoms with Crippen molar-refractivity contribution in [3.8, 4) is 0 Å². The second-order valence-corrected chi connectivity index (χ2v) is 0. The molecule has 2 nitrogen and oxygen atoms in total. The van der Waals surface area contributed by atoms with Crippen LogP contribution in [0.4, 0.5) is 0 Å². The topological polar surface area (TPSA) is 51.7 Å². The van der Waals surface area contributed by atoms with Crippen LogP contribution < -0.4 is 0 Å². The molecule has 0 aromatic rings. The molecule has 0 heterocycles. The molecular formula is H5O2PZr. The van der Waals surface area contributed by atoms with Gasteiger partial charge in [0, 0.05) is 26.2 Å². The Morgan fingerprint density at radius 2 is 1.25 bits per heavy atom. The molecule has 0 amide bonds. The van der Waals surface area contributed by atoms with Gasteiger partial charge in [-0.2, -0.15) is 0 Å². The summed E-state index contributed by atoms with van der Waals surface area (Å²) in [4.78, 5) is 6.92. The molecular weight excluding hydrogens is 154 g/mol. The average molecular weight is 159 g/mol. The molecule has 0 aromatic carbocycles. The van der Waals surface area contributed by atoms with Crippen molar-refractivity contribution in [2.24, 2.45) is 0 Å². The van der Waals surface area contributed by atoms with Crippen LogP contribution in [0, 0.1) is 0 Å². The summed E-state index contributed by atoms with van der Waals surface area (Å²) in [5.74, 6) is 0. The van der Waals surface area contributed by atoms with Crippen LogP contribution >= 0.6 is 9.47 Å². The Bertz CT molecular complexity index is 6.00. The molecule has 0 spiro atoms. The fourth-order valence-electron chi connectivity index (χ4n) is 0. The first-order valence-corrected chi connectivity index (χ1v) is 0.775. The van der Waals surface area contributed by atoms with Crippen LogP contribution in [0.2, 0.25) is 0 Å². The summed E-state index contributed by atoms with van der Waals surface area (Å²) in [7, 11) is 1.42. The van der Waals surface area contributed by atoms with Crippen LogP contribution in [-0.4, -0.2) is 10.4 Å². The van der Waals surface area contributed by atoms with E-state index < -0.39 is 0 Å². The molecule has 0 aromatic heterocycles. The molecule has 0 aliphatic heterocycles. The molecule has 1 unspecified atom stereocenters. The minimum absolute atomic E-state index is 0. The van der Waals surface area contributed by atoms with Crippen LogP contribution in [0.5, 0.6) is 0 Å². The van der Waals surface area contributed by atoms with E-state index in [-0.39, 0.29) is 31.7 Å². The second-order valence-electron chi connectivity index (χ2n) is 0. The van der Waals surface area contributed by atoms with Gasteiger partial charge in [-0.25, -0.2) is 0 Å². The summed E-state index contributed by atoms with van der Waals surface area (Å²) >= 11 is 0. The summed E-state index contributed by atoms with van der Waals surface area (Å²) in [6.45, 7) is 0. The van der Waals surface area contributed by atoms with Gasteiger partial charge in [0.1, 0.15) is 0 Å². The van der Waals surface area contributed by atoms with E-state index in [1.807, 2.05) is 0 Å². The van der Waals surface area contributed by atoms with Crippen molar-refractivity contribution >= 4 is 9.47 Å². The van der Waals surface area contributed by atoms with Crippen molar-refractivity contribution in [1.82, 2.24) is 0 Å². The maximum atomic E-state index is 6.92. The summed E-state index contributed by atoms with van der Waals surface area (Å²) in [6, 6.07) is 0. The van der Waals surface area contributed by atoms with Gasteiger partial charge in [0.2, 0.25) is 0 Å².